The number of rotatable bonds is 7. The molecule has 6 nitrogen and oxygen atoms in total. The summed E-state index contributed by atoms with van der Waals surface area (Å²) in [4.78, 5) is 12.9. The second-order valence-corrected chi connectivity index (χ2v) is 7.74. The van der Waals surface area contributed by atoms with Gasteiger partial charge in [-0.2, -0.15) is 0 Å². The molecule has 0 spiro atoms. The number of benzene rings is 3. The molecule has 0 N–H and O–H groups in total. The molecule has 0 aliphatic heterocycles. The first kappa shape index (κ1) is 22.6. The van der Waals surface area contributed by atoms with Crippen LogP contribution in [-0.4, -0.2) is 15.0 Å². The number of hydrogen-bond donors (Lipinski definition) is 0. The predicted octanol–water partition coefficient (Wildman–Crippen LogP) is 6.72. The number of allylic oxidation sites excluding steroid dienone is 1. The standard InChI is InChI=1S/C28H23N3O3/c1-4-5-20-28(2,3)21-16-18-24(19-17-21)34-27-30-25(32-22-12-8-6-9-13-22)29-26(31-27)33-23-14-10-7-11-15-23/h4,6-19H,1H2,2-3H3. The van der Waals surface area contributed by atoms with Gasteiger partial charge in [0.15, 0.2) is 0 Å². The van der Waals surface area contributed by atoms with E-state index in [0.29, 0.717) is 17.2 Å². The molecule has 4 aromatic rings. The largest absolute Gasteiger partial charge is 0.424 e. The van der Waals surface area contributed by atoms with Crippen molar-refractivity contribution in [3.8, 4) is 47.1 Å². The van der Waals surface area contributed by atoms with Crippen molar-refractivity contribution in [2.24, 2.45) is 0 Å². The van der Waals surface area contributed by atoms with Crippen molar-refractivity contribution in [2.45, 2.75) is 19.3 Å². The summed E-state index contributed by atoms with van der Waals surface area (Å²) in [6, 6.07) is 26.2. The molecule has 0 radical (unpaired) electrons. The number of ether oxygens (including phenoxy) is 3. The minimum atomic E-state index is -0.326. The summed E-state index contributed by atoms with van der Waals surface area (Å²) in [5, 5.41) is 0. The Morgan fingerprint density at radius 3 is 1.47 bits per heavy atom. The molecule has 168 valence electrons. The highest BCUT2D eigenvalue weighted by Gasteiger charge is 2.18. The van der Waals surface area contributed by atoms with Gasteiger partial charge in [-0.25, -0.2) is 0 Å². The van der Waals surface area contributed by atoms with E-state index < -0.39 is 0 Å². The molecule has 0 saturated carbocycles. The molecule has 0 aliphatic rings. The Bertz CT molecular complexity index is 1250. The fourth-order valence-corrected chi connectivity index (χ4v) is 2.99. The van der Waals surface area contributed by atoms with Crippen molar-refractivity contribution >= 4 is 0 Å². The van der Waals surface area contributed by atoms with E-state index in [0.717, 1.165) is 5.56 Å². The van der Waals surface area contributed by atoms with E-state index in [1.807, 2.05) is 74.5 Å². The molecule has 0 fully saturated rings. The van der Waals surface area contributed by atoms with Crippen LogP contribution in [0.15, 0.2) is 97.6 Å². The third kappa shape index (κ3) is 5.99. The van der Waals surface area contributed by atoms with Gasteiger partial charge in [0.05, 0.1) is 5.41 Å². The Labute approximate surface area is 198 Å². The maximum absolute atomic E-state index is 5.91. The zero-order chi connectivity index (χ0) is 23.8. The molecular weight excluding hydrogens is 426 g/mol. The van der Waals surface area contributed by atoms with Crippen molar-refractivity contribution in [3.05, 3.63) is 103 Å². The summed E-state index contributed by atoms with van der Waals surface area (Å²) >= 11 is 0. The summed E-state index contributed by atoms with van der Waals surface area (Å²) in [5.41, 5.74) is 0.721. The van der Waals surface area contributed by atoms with Gasteiger partial charge in [0.2, 0.25) is 0 Å². The molecule has 0 amide bonds. The summed E-state index contributed by atoms with van der Waals surface area (Å²) in [6.07, 6.45) is 1.59. The molecule has 0 aliphatic carbocycles. The first-order chi connectivity index (χ1) is 16.5. The normalized spacial score (nSPS) is 10.5. The van der Waals surface area contributed by atoms with Crippen molar-refractivity contribution in [3.63, 3.8) is 0 Å². The number of aromatic nitrogens is 3. The summed E-state index contributed by atoms with van der Waals surface area (Å²) in [7, 11) is 0. The lowest BCUT2D eigenvalue weighted by atomic mass is 9.85. The van der Waals surface area contributed by atoms with Gasteiger partial charge < -0.3 is 14.2 Å². The lowest BCUT2D eigenvalue weighted by Crippen LogP contribution is -2.13. The van der Waals surface area contributed by atoms with Crippen LogP contribution in [0.5, 0.6) is 35.3 Å². The second-order valence-electron chi connectivity index (χ2n) is 7.74. The van der Waals surface area contributed by atoms with Crippen molar-refractivity contribution in [2.75, 3.05) is 0 Å². The highest BCUT2D eigenvalue weighted by molar-refractivity contribution is 5.39. The summed E-state index contributed by atoms with van der Waals surface area (Å²) in [5.74, 6) is 7.82. The van der Waals surface area contributed by atoms with Gasteiger partial charge in [0.1, 0.15) is 17.2 Å². The van der Waals surface area contributed by atoms with Crippen LogP contribution in [0.3, 0.4) is 0 Å². The SMILES string of the molecule is C=CC#CC(C)(C)c1ccc(Oc2nc(Oc3ccccc3)nc(Oc3ccccc3)n2)cc1. The molecule has 6 heteroatoms. The number of hydrogen-bond acceptors (Lipinski definition) is 6. The number of para-hydroxylation sites is 2. The van der Waals surface area contributed by atoms with E-state index in [1.165, 1.54) is 0 Å². The lowest BCUT2D eigenvalue weighted by molar-refractivity contribution is 0.362. The molecule has 0 bridgehead atoms. The first-order valence-corrected chi connectivity index (χ1v) is 10.7. The van der Waals surface area contributed by atoms with Crippen molar-refractivity contribution in [1.82, 2.24) is 15.0 Å². The van der Waals surface area contributed by atoms with E-state index in [9.17, 15) is 0 Å². The van der Waals surface area contributed by atoms with E-state index in [2.05, 4.69) is 33.4 Å². The van der Waals surface area contributed by atoms with Crippen molar-refractivity contribution in [1.29, 1.82) is 0 Å². The van der Waals surface area contributed by atoms with Gasteiger partial charge in [-0.1, -0.05) is 67.0 Å². The molecule has 3 aromatic carbocycles. The Morgan fingerprint density at radius 1 is 0.647 bits per heavy atom. The maximum atomic E-state index is 5.91. The molecular formula is C28H23N3O3. The van der Waals surface area contributed by atoms with E-state index in [-0.39, 0.29) is 23.4 Å². The minimum absolute atomic E-state index is 0.0466. The van der Waals surface area contributed by atoms with Crippen LogP contribution in [0.25, 0.3) is 0 Å². The minimum Gasteiger partial charge on any atom is -0.424 e. The van der Waals surface area contributed by atoms with Gasteiger partial charge in [-0.3, -0.25) is 0 Å². The topological polar surface area (TPSA) is 66.4 Å². The Hall–Kier alpha value is -4.63. The average molecular weight is 450 g/mol. The Morgan fingerprint density at radius 2 is 1.06 bits per heavy atom. The molecule has 0 unspecified atom stereocenters. The predicted molar refractivity (Wildman–Crippen MR) is 130 cm³/mol. The molecule has 0 saturated heterocycles. The lowest BCUT2D eigenvalue weighted by Gasteiger charge is -2.18. The zero-order valence-corrected chi connectivity index (χ0v) is 18.9. The van der Waals surface area contributed by atoms with Crippen molar-refractivity contribution < 1.29 is 14.2 Å². The molecule has 34 heavy (non-hydrogen) atoms. The maximum Gasteiger partial charge on any atom is 0.331 e. The quantitative estimate of drug-likeness (QED) is 0.292. The fourth-order valence-electron chi connectivity index (χ4n) is 2.99. The third-order valence-corrected chi connectivity index (χ3v) is 4.75. The summed E-state index contributed by atoms with van der Waals surface area (Å²) < 4.78 is 17.5. The Balaban J connectivity index is 1.60. The van der Waals surface area contributed by atoms with Gasteiger partial charge in [-0.05, 0) is 61.9 Å². The van der Waals surface area contributed by atoms with Crippen LogP contribution >= 0.6 is 0 Å². The monoisotopic (exact) mass is 449 g/mol. The average Bonchev–Trinajstić information content (AvgIpc) is 2.84. The molecule has 1 aromatic heterocycles. The van der Waals surface area contributed by atoms with Crippen LogP contribution in [-0.2, 0) is 5.41 Å². The highest BCUT2D eigenvalue weighted by atomic mass is 16.5. The van der Waals surface area contributed by atoms with Crippen LogP contribution < -0.4 is 14.2 Å². The molecule has 0 atom stereocenters. The van der Waals surface area contributed by atoms with Crippen LogP contribution in [0.2, 0.25) is 0 Å². The number of nitrogens with zero attached hydrogens (tertiary/aromatic N) is 3. The van der Waals surface area contributed by atoms with Crippen LogP contribution in [0, 0.1) is 11.8 Å². The summed E-state index contributed by atoms with van der Waals surface area (Å²) in [6.45, 7) is 7.75. The first-order valence-electron chi connectivity index (χ1n) is 10.7. The van der Waals surface area contributed by atoms with Gasteiger partial charge >= 0.3 is 18.0 Å². The smallest absolute Gasteiger partial charge is 0.331 e. The van der Waals surface area contributed by atoms with Crippen LogP contribution in [0.1, 0.15) is 19.4 Å². The van der Waals surface area contributed by atoms with Gasteiger partial charge in [0.25, 0.3) is 0 Å². The molecule has 1 heterocycles. The van der Waals surface area contributed by atoms with Crippen LogP contribution in [0.4, 0.5) is 0 Å². The molecule has 4 rings (SSSR count). The van der Waals surface area contributed by atoms with E-state index in [4.69, 9.17) is 14.2 Å². The highest BCUT2D eigenvalue weighted by Crippen LogP contribution is 2.29. The second kappa shape index (κ2) is 10.3. The van der Waals surface area contributed by atoms with Gasteiger partial charge in [-0.15, -0.1) is 15.0 Å². The zero-order valence-electron chi connectivity index (χ0n) is 18.9. The third-order valence-electron chi connectivity index (χ3n) is 4.75. The fraction of sp³-hybridized carbons (Fsp3) is 0.107. The van der Waals surface area contributed by atoms with E-state index in [1.54, 1.807) is 30.3 Å². The Kier molecular flexibility index (Phi) is 6.85. The van der Waals surface area contributed by atoms with E-state index >= 15 is 0 Å². The van der Waals surface area contributed by atoms with Gasteiger partial charge in [0, 0.05) is 0 Å².